The Morgan fingerprint density at radius 3 is 2.30 bits per heavy atom. The number of carbonyl (C=O) groups is 4. The van der Waals surface area contributed by atoms with E-state index in [1.54, 1.807) is 4.90 Å². The topological polar surface area (TPSA) is 78.0 Å². The zero-order valence-corrected chi connectivity index (χ0v) is 15.2. The average Bonchev–Trinajstić information content (AvgIpc) is 2.88. The maximum Gasteiger partial charge on any atom is 0.335 e. The second-order valence-electron chi connectivity index (χ2n) is 6.89. The van der Waals surface area contributed by atoms with Gasteiger partial charge in [0.1, 0.15) is 6.54 Å². The van der Waals surface area contributed by atoms with Gasteiger partial charge in [-0.25, -0.2) is 9.69 Å². The summed E-state index contributed by atoms with van der Waals surface area (Å²) >= 11 is 0. The minimum Gasteiger partial charge on any atom is -0.341 e. The second-order valence-corrected chi connectivity index (χ2v) is 6.89. The number of amides is 5. The molecule has 0 N–H and O–H groups in total. The number of nitrogens with zero attached hydrogens (tertiary/aromatic N) is 3. The molecule has 2 aliphatic rings. The fourth-order valence-electron chi connectivity index (χ4n) is 3.55. The Balaban J connectivity index is 1.52. The van der Waals surface area contributed by atoms with Crippen LogP contribution in [0.4, 0.5) is 4.79 Å². The van der Waals surface area contributed by atoms with E-state index in [9.17, 15) is 19.2 Å². The third-order valence-corrected chi connectivity index (χ3v) is 5.07. The molecule has 3 rings (SSSR count). The van der Waals surface area contributed by atoms with Crippen LogP contribution in [-0.2, 0) is 20.8 Å². The lowest BCUT2D eigenvalue weighted by Crippen LogP contribution is -2.46. The highest BCUT2D eigenvalue weighted by Gasteiger charge is 2.45. The summed E-state index contributed by atoms with van der Waals surface area (Å²) in [5, 5.41) is 0. The Bertz CT molecular complexity index is 754. The lowest BCUT2D eigenvalue weighted by atomic mass is 9.90. The highest BCUT2D eigenvalue weighted by atomic mass is 16.2. The number of rotatable bonds is 6. The predicted octanol–water partition coefficient (Wildman–Crippen LogP) is 1.44. The molecule has 2 heterocycles. The zero-order chi connectivity index (χ0) is 19.4. The van der Waals surface area contributed by atoms with Gasteiger partial charge < -0.3 is 4.90 Å². The van der Waals surface area contributed by atoms with Crippen molar-refractivity contribution >= 4 is 23.8 Å². The summed E-state index contributed by atoms with van der Waals surface area (Å²) in [7, 11) is 0. The van der Waals surface area contributed by atoms with Gasteiger partial charge in [-0.1, -0.05) is 36.4 Å². The van der Waals surface area contributed by atoms with Gasteiger partial charge in [0.2, 0.25) is 5.91 Å². The van der Waals surface area contributed by atoms with Crippen molar-refractivity contribution in [2.45, 2.75) is 19.3 Å². The summed E-state index contributed by atoms with van der Waals surface area (Å²) < 4.78 is 0. The number of hydrogen-bond donors (Lipinski definition) is 0. The molecule has 0 aromatic heterocycles. The molecule has 1 aromatic rings. The van der Waals surface area contributed by atoms with Crippen LogP contribution in [0.1, 0.15) is 18.4 Å². The SMILES string of the molecule is C=CCN1C(=O)C(=O)N(CC(=O)N2CCC(Cc3ccccc3)CC2)C1=O. The fourth-order valence-corrected chi connectivity index (χ4v) is 3.55. The van der Waals surface area contributed by atoms with Crippen LogP contribution < -0.4 is 0 Å². The molecule has 0 radical (unpaired) electrons. The molecule has 0 spiro atoms. The molecular weight excluding hydrogens is 346 g/mol. The zero-order valence-electron chi connectivity index (χ0n) is 15.2. The Hall–Kier alpha value is -2.96. The molecule has 2 fully saturated rings. The first-order valence-electron chi connectivity index (χ1n) is 9.11. The summed E-state index contributed by atoms with van der Waals surface area (Å²) in [5.41, 5.74) is 1.29. The molecular formula is C20H23N3O4. The van der Waals surface area contributed by atoms with Crippen LogP contribution in [0.15, 0.2) is 43.0 Å². The maximum atomic E-state index is 12.5. The highest BCUT2D eigenvalue weighted by molar-refractivity contribution is 6.45. The Kier molecular flexibility index (Phi) is 5.69. The van der Waals surface area contributed by atoms with Crippen molar-refractivity contribution in [1.82, 2.24) is 14.7 Å². The summed E-state index contributed by atoms with van der Waals surface area (Å²) in [4.78, 5) is 51.7. The van der Waals surface area contributed by atoms with Crippen molar-refractivity contribution in [3.05, 3.63) is 48.6 Å². The fraction of sp³-hybridized carbons (Fsp3) is 0.400. The number of carbonyl (C=O) groups excluding carboxylic acids is 4. The monoisotopic (exact) mass is 369 g/mol. The number of urea groups is 1. The van der Waals surface area contributed by atoms with Crippen LogP contribution >= 0.6 is 0 Å². The van der Waals surface area contributed by atoms with Crippen LogP contribution in [0.25, 0.3) is 0 Å². The molecule has 27 heavy (non-hydrogen) atoms. The van der Waals surface area contributed by atoms with Crippen molar-refractivity contribution in [3.63, 3.8) is 0 Å². The molecule has 0 atom stereocenters. The van der Waals surface area contributed by atoms with Crippen molar-refractivity contribution in [2.75, 3.05) is 26.2 Å². The first-order chi connectivity index (χ1) is 13.0. The lowest BCUT2D eigenvalue weighted by Gasteiger charge is -2.32. The van der Waals surface area contributed by atoms with Gasteiger partial charge in [0, 0.05) is 19.6 Å². The standard InChI is InChI=1S/C20H23N3O4/c1-2-10-22-18(25)19(26)23(20(22)27)14-17(24)21-11-8-16(9-12-21)13-15-6-4-3-5-7-15/h2-7,16H,1,8-14H2. The molecule has 1 aromatic carbocycles. The van der Waals surface area contributed by atoms with Crippen LogP contribution in [0, 0.1) is 5.92 Å². The van der Waals surface area contributed by atoms with Crippen molar-refractivity contribution in [2.24, 2.45) is 5.92 Å². The molecule has 0 unspecified atom stereocenters. The van der Waals surface area contributed by atoms with E-state index >= 15 is 0 Å². The minimum absolute atomic E-state index is 0.0427. The Labute approximate surface area is 158 Å². The van der Waals surface area contributed by atoms with Crippen LogP contribution in [-0.4, -0.2) is 64.6 Å². The normalized spacial score (nSPS) is 18.4. The number of hydrogen-bond acceptors (Lipinski definition) is 4. The number of imide groups is 2. The molecule has 142 valence electrons. The summed E-state index contributed by atoms with van der Waals surface area (Å²) in [6, 6.07) is 9.50. The predicted molar refractivity (Wildman–Crippen MR) is 98.5 cm³/mol. The highest BCUT2D eigenvalue weighted by Crippen LogP contribution is 2.22. The van der Waals surface area contributed by atoms with Crippen LogP contribution in [0.3, 0.4) is 0 Å². The molecule has 2 saturated heterocycles. The minimum atomic E-state index is -0.950. The van der Waals surface area contributed by atoms with E-state index in [0.717, 1.165) is 29.1 Å². The molecule has 0 saturated carbocycles. The summed E-state index contributed by atoms with van der Waals surface area (Å²) in [6.07, 6.45) is 4.11. The van der Waals surface area contributed by atoms with Crippen molar-refractivity contribution < 1.29 is 19.2 Å². The van der Waals surface area contributed by atoms with E-state index < -0.39 is 17.8 Å². The van der Waals surface area contributed by atoms with E-state index in [1.807, 2.05) is 18.2 Å². The van der Waals surface area contributed by atoms with Crippen LogP contribution in [0.2, 0.25) is 0 Å². The molecule has 0 bridgehead atoms. The van der Waals surface area contributed by atoms with Crippen molar-refractivity contribution in [3.8, 4) is 0 Å². The van der Waals surface area contributed by atoms with E-state index in [4.69, 9.17) is 0 Å². The van der Waals surface area contributed by atoms with E-state index in [1.165, 1.54) is 11.6 Å². The molecule has 7 heteroatoms. The van der Waals surface area contributed by atoms with Gasteiger partial charge in [-0.15, -0.1) is 6.58 Å². The van der Waals surface area contributed by atoms with Gasteiger partial charge in [0.25, 0.3) is 0 Å². The van der Waals surface area contributed by atoms with Gasteiger partial charge in [0.05, 0.1) is 0 Å². The maximum absolute atomic E-state index is 12.5. The molecule has 7 nitrogen and oxygen atoms in total. The van der Waals surface area contributed by atoms with Crippen molar-refractivity contribution in [1.29, 1.82) is 0 Å². The van der Waals surface area contributed by atoms with Gasteiger partial charge >= 0.3 is 17.8 Å². The number of benzene rings is 1. The number of piperidine rings is 1. The Morgan fingerprint density at radius 1 is 1.04 bits per heavy atom. The molecule has 2 aliphatic heterocycles. The first kappa shape index (κ1) is 18.8. The smallest absolute Gasteiger partial charge is 0.335 e. The first-order valence-corrected chi connectivity index (χ1v) is 9.11. The number of likely N-dealkylation sites (tertiary alicyclic amines) is 1. The van der Waals surface area contributed by atoms with Gasteiger partial charge in [-0.2, -0.15) is 0 Å². The molecule has 5 amide bonds. The van der Waals surface area contributed by atoms with E-state index in [0.29, 0.717) is 19.0 Å². The second kappa shape index (κ2) is 8.16. The van der Waals surface area contributed by atoms with Gasteiger partial charge in [-0.05, 0) is 30.7 Å². The van der Waals surface area contributed by atoms with E-state index in [2.05, 4.69) is 18.7 Å². The van der Waals surface area contributed by atoms with Gasteiger partial charge in [0.15, 0.2) is 0 Å². The Morgan fingerprint density at radius 2 is 1.67 bits per heavy atom. The average molecular weight is 369 g/mol. The quantitative estimate of drug-likeness (QED) is 0.432. The summed E-state index contributed by atoms with van der Waals surface area (Å²) in [6.45, 7) is 4.22. The largest absolute Gasteiger partial charge is 0.341 e. The lowest BCUT2D eigenvalue weighted by molar-refractivity contribution is -0.145. The third-order valence-electron chi connectivity index (χ3n) is 5.07. The third kappa shape index (κ3) is 4.07. The van der Waals surface area contributed by atoms with Crippen LogP contribution in [0.5, 0.6) is 0 Å². The summed E-state index contributed by atoms with van der Waals surface area (Å²) in [5.74, 6) is -1.65. The molecule has 0 aliphatic carbocycles. The van der Waals surface area contributed by atoms with Gasteiger partial charge in [-0.3, -0.25) is 19.3 Å². The van der Waals surface area contributed by atoms with E-state index in [-0.39, 0.29) is 19.0 Å².